The lowest BCUT2D eigenvalue weighted by Crippen LogP contribution is -2.48. The van der Waals surface area contributed by atoms with Crippen LogP contribution in [0.3, 0.4) is 0 Å². The zero-order valence-electron chi connectivity index (χ0n) is 16.6. The highest BCUT2D eigenvalue weighted by Gasteiger charge is 2.27. The van der Waals surface area contributed by atoms with E-state index in [4.69, 9.17) is 14.7 Å². The van der Waals surface area contributed by atoms with Gasteiger partial charge in [0.15, 0.2) is 0 Å². The minimum absolute atomic E-state index is 0.100. The average Bonchev–Trinajstić information content (AvgIpc) is 2.54. The first-order chi connectivity index (χ1) is 11.8. The van der Waals surface area contributed by atoms with E-state index in [1.807, 2.05) is 0 Å². The second kappa shape index (κ2) is 7.68. The summed E-state index contributed by atoms with van der Waals surface area (Å²) in [6.07, 6.45) is 2.50. The highest BCUT2D eigenvalue weighted by Crippen LogP contribution is 2.27. The lowest BCUT2D eigenvalue weighted by molar-refractivity contribution is 0.0000261. The van der Waals surface area contributed by atoms with E-state index in [9.17, 15) is 0 Å². The summed E-state index contributed by atoms with van der Waals surface area (Å²) in [7, 11) is 0. The molecule has 3 heterocycles. The maximum absolute atomic E-state index is 5.48. The van der Waals surface area contributed by atoms with Gasteiger partial charge in [0.05, 0.1) is 19.8 Å². The molecule has 5 nitrogen and oxygen atoms in total. The average molecular weight is 347 g/mol. The van der Waals surface area contributed by atoms with Crippen molar-refractivity contribution >= 4 is 0 Å². The first-order valence-corrected chi connectivity index (χ1v) is 9.73. The molecule has 0 aliphatic carbocycles. The van der Waals surface area contributed by atoms with Gasteiger partial charge in [-0.15, -0.1) is 0 Å². The van der Waals surface area contributed by atoms with E-state index >= 15 is 0 Å². The topological polar surface area (TPSA) is 41.5 Å². The van der Waals surface area contributed by atoms with Crippen LogP contribution in [0.5, 0.6) is 0 Å². The molecule has 1 aromatic rings. The largest absolute Gasteiger partial charge is 0.379 e. The summed E-state index contributed by atoms with van der Waals surface area (Å²) >= 11 is 0. The van der Waals surface area contributed by atoms with Crippen LogP contribution >= 0.6 is 0 Å². The summed E-state index contributed by atoms with van der Waals surface area (Å²) in [6.45, 7) is 18.1. The molecule has 0 atom stereocenters. The van der Waals surface area contributed by atoms with Crippen molar-refractivity contribution in [2.45, 2.75) is 65.5 Å². The Balaban J connectivity index is 1.59. The molecule has 0 saturated carbocycles. The molecule has 3 rings (SSSR count). The second-order valence-electron chi connectivity index (χ2n) is 8.59. The van der Waals surface area contributed by atoms with Crippen molar-refractivity contribution in [1.82, 2.24) is 19.8 Å². The predicted octanol–water partition coefficient (Wildman–Crippen LogP) is 2.69. The summed E-state index contributed by atoms with van der Waals surface area (Å²) in [5.41, 5.74) is 3.67. The molecule has 0 radical (unpaired) electrons. The Labute approximate surface area is 152 Å². The Kier molecular flexibility index (Phi) is 5.76. The Hall–Kier alpha value is -1.04. The first kappa shape index (κ1) is 18.7. The molecule has 25 heavy (non-hydrogen) atoms. The van der Waals surface area contributed by atoms with Crippen LogP contribution in [0.25, 0.3) is 0 Å². The van der Waals surface area contributed by atoms with E-state index in [-0.39, 0.29) is 5.41 Å². The summed E-state index contributed by atoms with van der Waals surface area (Å²) in [6, 6.07) is 0.729. The lowest BCUT2D eigenvalue weighted by atomic mass is 9.85. The summed E-state index contributed by atoms with van der Waals surface area (Å²) < 4.78 is 5.48. The van der Waals surface area contributed by atoms with Crippen molar-refractivity contribution < 1.29 is 4.74 Å². The molecule has 2 saturated heterocycles. The quantitative estimate of drug-likeness (QED) is 0.842. The highest BCUT2D eigenvalue weighted by molar-refractivity contribution is 5.31. The van der Waals surface area contributed by atoms with Gasteiger partial charge < -0.3 is 4.74 Å². The maximum Gasteiger partial charge on any atom is 0.142 e. The van der Waals surface area contributed by atoms with Gasteiger partial charge in [0.2, 0.25) is 0 Å². The standard InChI is InChI=1S/C20H34N4O/c1-15-19(20(3,4)5)16(2)22-18(21-15)14-23-8-6-17(7-9-23)24-10-12-25-13-11-24/h17H,6-14H2,1-5H3. The van der Waals surface area contributed by atoms with Crippen molar-refractivity contribution in [1.29, 1.82) is 0 Å². The van der Waals surface area contributed by atoms with Crippen LogP contribution in [-0.4, -0.2) is 65.2 Å². The van der Waals surface area contributed by atoms with Gasteiger partial charge in [-0.2, -0.15) is 0 Å². The van der Waals surface area contributed by atoms with E-state index in [1.165, 1.54) is 18.4 Å². The molecule has 5 heteroatoms. The number of aromatic nitrogens is 2. The SMILES string of the molecule is Cc1nc(CN2CCC(N3CCOCC3)CC2)nc(C)c1C(C)(C)C. The van der Waals surface area contributed by atoms with Crippen molar-refractivity contribution in [2.24, 2.45) is 0 Å². The number of morpholine rings is 1. The van der Waals surface area contributed by atoms with Crippen LogP contribution < -0.4 is 0 Å². The minimum Gasteiger partial charge on any atom is -0.379 e. The first-order valence-electron chi connectivity index (χ1n) is 9.73. The van der Waals surface area contributed by atoms with Crippen molar-refractivity contribution in [2.75, 3.05) is 39.4 Å². The van der Waals surface area contributed by atoms with Crippen molar-refractivity contribution in [3.63, 3.8) is 0 Å². The zero-order chi connectivity index (χ0) is 18.0. The second-order valence-corrected chi connectivity index (χ2v) is 8.59. The molecule has 0 amide bonds. The smallest absolute Gasteiger partial charge is 0.142 e. The normalized spacial score (nSPS) is 21.6. The molecule has 2 aliphatic heterocycles. The van der Waals surface area contributed by atoms with E-state index in [1.54, 1.807) is 0 Å². The monoisotopic (exact) mass is 346 g/mol. The number of ether oxygens (including phenoxy) is 1. The molecule has 2 aliphatic rings. The number of aryl methyl sites for hydroxylation is 2. The fraction of sp³-hybridized carbons (Fsp3) is 0.800. The van der Waals surface area contributed by atoms with Gasteiger partial charge in [-0.05, 0) is 32.1 Å². The van der Waals surface area contributed by atoms with E-state index < -0.39 is 0 Å². The number of likely N-dealkylation sites (tertiary alicyclic amines) is 1. The number of piperidine rings is 1. The Morgan fingerprint density at radius 2 is 1.52 bits per heavy atom. The van der Waals surface area contributed by atoms with Gasteiger partial charge in [0, 0.05) is 49.2 Å². The molecule has 0 spiro atoms. The van der Waals surface area contributed by atoms with Gasteiger partial charge in [0.1, 0.15) is 5.82 Å². The molecule has 140 valence electrons. The van der Waals surface area contributed by atoms with Crippen LogP contribution in [0.4, 0.5) is 0 Å². The minimum atomic E-state index is 0.100. The lowest BCUT2D eigenvalue weighted by Gasteiger charge is -2.40. The number of hydrogen-bond donors (Lipinski definition) is 0. The van der Waals surface area contributed by atoms with Gasteiger partial charge >= 0.3 is 0 Å². The zero-order valence-corrected chi connectivity index (χ0v) is 16.6. The van der Waals surface area contributed by atoms with Gasteiger partial charge in [-0.25, -0.2) is 9.97 Å². The van der Waals surface area contributed by atoms with Crippen LogP contribution in [-0.2, 0) is 16.7 Å². The van der Waals surface area contributed by atoms with E-state index in [0.29, 0.717) is 0 Å². The Bertz CT molecular complexity index is 559. The number of hydrogen-bond acceptors (Lipinski definition) is 5. The number of nitrogens with zero attached hydrogens (tertiary/aromatic N) is 4. The van der Waals surface area contributed by atoms with Crippen molar-refractivity contribution in [3.05, 3.63) is 22.8 Å². The molecule has 0 aromatic carbocycles. The third kappa shape index (κ3) is 4.57. The van der Waals surface area contributed by atoms with E-state index in [2.05, 4.69) is 44.4 Å². The predicted molar refractivity (Wildman–Crippen MR) is 101 cm³/mol. The molecular weight excluding hydrogens is 312 g/mol. The van der Waals surface area contributed by atoms with Crippen molar-refractivity contribution in [3.8, 4) is 0 Å². The summed E-state index contributed by atoms with van der Waals surface area (Å²) in [4.78, 5) is 14.8. The molecule has 0 bridgehead atoms. The fourth-order valence-corrected chi connectivity index (χ4v) is 4.53. The third-order valence-corrected chi connectivity index (χ3v) is 5.55. The van der Waals surface area contributed by atoms with Crippen LogP contribution in [0, 0.1) is 13.8 Å². The van der Waals surface area contributed by atoms with Gasteiger partial charge in [-0.1, -0.05) is 20.8 Å². The van der Waals surface area contributed by atoms with Crippen LogP contribution in [0.15, 0.2) is 0 Å². The Morgan fingerprint density at radius 3 is 2.04 bits per heavy atom. The summed E-state index contributed by atoms with van der Waals surface area (Å²) in [5.74, 6) is 0.979. The maximum atomic E-state index is 5.48. The van der Waals surface area contributed by atoms with E-state index in [0.717, 1.165) is 69.2 Å². The molecule has 1 aromatic heterocycles. The molecule has 0 N–H and O–H groups in total. The molecule has 0 unspecified atom stereocenters. The van der Waals surface area contributed by atoms with Crippen LogP contribution in [0.1, 0.15) is 56.4 Å². The Morgan fingerprint density at radius 1 is 0.960 bits per heavy atom. The molecule has 2 fully saturated rings. The van der Waals surface area contributed by atoms with Gasteiger partial charge in [0.25, 0.3) is 0 Å². The van der Waals surface area contributed by atoms with Gasteiger partial charge in [-0.3, -0.25) is 9.80 Å². The fourth-order valence-electron chi connectivity index (χ4n) is 4.53. The highest BCUT2D eigenvalue weighted by atomic mass is 16.5. The summed E-state index contributed by atoms with van der Waals surface area (Å²) in [5, 5.41) is 0. The van der Waals surface area contributed by atoms with Crippen LogP contribution in [0.2, 0.25) is 0 Å². The molecular formula is C20H34N4O. The third-order valence-electron chi connectivity index (χ3n) is 5.55. The number of rotatable bonds is 3.